The molecule has 2 atom stereocenters. The van der Waals surface area contributed by atoms with Crippen LogP contribution in [-0.4, -0.2) is 29.2 Å². The topological polar surface area (TPSA) is 40.7 Å². The first-order valence-corrected chi connectivity index (χ1v) is 6.68. The molecule has 4 rings (SSSR count). The van der Waals surface area contributed by atoms with Gasteiger partial charge in [-0.25, -0.2) is 8.78 Å². The number of nitrogens with one attached hydrogen (secondary N) is 2. The molecule has 2 fully saturated rings. The van der Waals surface area contributed by atoms with Gasteiger partial charge in [0.25, 0.3) is 5.92 Å². The number of benzene rings is 1. The molecule has 1 aliphatic carbocycles. The Morgan fingerprint density at radius 3 is 3.00 bits per heavy atom. The van der Waals surface area contributed by atoms with Gasteiger partial charge in [-0.1, -0.05) is 23.7 Å². The first kappa shape index (κ1) is 11.6. The molecule has 1 saturated carbocycles. The Labute approximate surface area is 113 Å². The second-order valence-corrected chi connectivity index (χ2v) is 5.75. The Morgan fingerprint density at radius 1 is 1.37 bits per heavy atom. The lowest BCUT2D eigenvalue weighted by Gasteiger charge is -2.20. The van der Waals surface area contributed by atoms with Crippen LogP contribution in [0.3, 0.4) is 0 Å². The van der Waals surface area contributed by atoms with Crippen molar-refractivity contribution in [1.82, 2.24) is 15.5 Å². The Bertz CT molecular complexity index is 669. The molecule has 2 heterocycles. The number of aromatic amines is 1. The van der Waals surface area contributed by atoms with E-state index in [0.29, 0.717) is 34.6 Å². The molecule has 0 bridgehead atoms. The van der Waals surface area contributed by atoms with Crippen molar-refractivity contribution in [2.75, 3.05) is 13.1 Å². The van der Waals surface area contributed by atoms with Crippen LogP contribution < -0.4 is 5.32 Å². The van der Waals surface area contributed by atoms with Crippen LogP contribution in [-0.2, 0) is 5.41 Å². The van der Waals surface area contributed by atoms with Crippen LogP contribution >= 0.6 is 11.6 Å². The van der Waals surface area contributed by atoms with E-state index < -0.39 is 17.3 Å². The van der Waals surface area contributed by atoms with E-state index >= 15 is 0 Å². The third kappa shape index (κ3) is 1.23. The molecule has 6 heteroatoms. The SMILES string of the molecule is FC1(F)[C@H]2CCNCC21c1[nH]nc2c(Cl)cccc12. The summed E-state index contributed by atoms with van der Waals surface area (Å²) in [5, 5.41) is 11.2. The van der Waals surface area contributed by atoms with Gasteiger partial charge in [-0.3, -0.25) is 5.10 Å². The predicted molar refractivity (Wildman–Crippen MR) is 68.7 cm³/mol. The summed E-state index contributed by atoms with van der Waals surface area (Å²) < 4.78 is 28.5. The summed E-state index contributed by atoms with van der Waals surface area (Å²) in [6.07, 6.45) is 0.494. The smallest absolute Gasteiger partial charge is 0.264 e. The second kappa shape index (κ2) is 3.46. The highest BCUT2D eigenvalue weighted by Crippen LogP contribution is 2.69. The van der Waals surface area contributed by atoms with Crippen molar-refractivity contribution < 1.29 is 8.78 Å². The number of piperidine rings is 1. The third-order valence-electron chi connectivity index (χ3n) is 4.54. The summed E-state index contributed by atoms with van der Waals surface area (Å²) in [5.41, 5.74) is -0.0437. The van der Waals surface area contributed by atoms with E-state index in [2.05, 4.69) is 15.5 Å². The first-order valence-electron chi connectivity index (χ1n) is 6.30. The van der Waals surface area contributed by atoms with Crippen LogP contribution in [0, 0.1) is 5.92 Å². The highest BCUT2D eigenvalue weighted by molar-refractivity contribution is 6.35. The van der Waals surface area contributed by atoms with E-state index in [0.717, 1.165) is 0 Å². The number of alkyl halides is 2. The minimum absolute atomic E-state index is 0.286. The minimum atomic E-state index is -2.67. The predicted octanol–water partition coefficient (Wildman–Crippen LogP) is 2.71. The summed E-state index contributed by atoms with van der Waals surface area (Å²) in [6, 6.07) is 5.29. The number of hydrogen-bond donors (Lipinski definition) is 2. The Balaban J connectivity index is 1.94. The lowest BCUT2D eigenvalue weighted by atomic mass is 9.92. The van der Waals surface area contributed by atoms with Gasteiger partial charge in [0.15, 0.2) is 0 Å². The second-order valence-electron chi connectivity index (χ2n) is 5.35. The summed E-state index contributed by atoms with van der Waals surface area (Å²) in [4.78, 5) is 0. The van der Waals surface area contributed by atoms with E-state index in [1.54, 1.807) is 18.2 Å². The zero-order valence-corrected chi connectivity index (χ0v) is 10.8. The molecule has 1 aliphatic heterocycles. The molecule has 0 radical (unpaired) electrons. The number of para-hydroxylation sites is 1. The number of fused-ring (bicyclic) bond motifs is 2. The zero-order chi connectivity index (χ0) is 13.3. The summed E-state index contributed by atoms with van der Waals surface area (Å²) in [6.45, 7) is 0.934. The molecule has 1 aromatic carbocycles. The van der Waals surface area contributed by atoms with E-state index in [9.17, 15) is 8.78 Å². The number of halogens is 3. The van der Waals surface area contributed by atoms with Crippen molar-refractivity contribution >= 4 is 22.5 Å². The molecule has 100 valence electrons. The van der Waals surface area contributed by atoms with Crippen molar-refractivity contribution in [2.45, 2.75) is 17.8 Å². The lowest BCUT2D eigenvalue weighted by molar-refractivity contribution is 0.0782. The molecule has 2 aliphatic rings. The molecule has 1 unspecified atom stereocenters. The molecule has 0 spiro atoms. The molecular formula is C13H12ClF2N3. The first-order chi connectivity index (χ1) is 9.09. The molecule has 1 aromatic heterocycles. The van der Waals surface area contributed by atoms with Gasteiger partial charge in [-0.15, -0.1) is 0 Å². The van der Waals surface area contributed by atoms with Gasteiger partial charge in [0.1, 0.15) is 5.52 Å². The van der Waals surface area contributed by atoms with Crippen molar-refractivity contribution in [3.63, 3.8) is 0 Å². The monoisotopic (exact) mass is 283 g/mol. The quantitative estimate of drug-likeness (QED) is 0.845. The van der Waals surface area contributed by atoms with Gasteiger partial charge >= 0.3 is 0 Å². The van der Waals surface area contributed by atoms with Gasteiger partial charge in [-0.05, 0) is 19.0 Å². The van der Waals surface area contributed by atoms with Gasteiger partial charge in [0.05, 0.1) is 16.1 Å². The summed E-state index contributed by atoms with van der Waals surface area (Å²) in [7, 11) is 0. The molecule has 1 saturated heterocycles. The van der Waals surface area contributed by atoms with Crippen molar-refractivity contribution in [3.05, 3.63) is 28.9 Å². The molecular weight excluding hydrogens is 272 g/mol. The van der Waals surface area contributed by atoms with Crippen LogP contribution in [0.15, 0.2) is 18.2 Å². The number of hydrogen-bond acceptors (Lipinski definition) is 2. The van der Waals surface area contributed by atoms with Gasteiger partial charge in [0.2, 0.25) is 0 Å². The number of nitrogens with zero attached hydrogens (tertiary/aromatic N) is 1. The average molecular weight is 284 g/mol. The summed E-state index contributed by atoms with van der Waals surface area (Å²) in [5.74, 6) is -3.26. The molecule has 3 nitrogen and oxygen atoms in total. The van der Waals surface area contributed by atoms with Crippen molar-refractivity contribution in [2.24, 2.45) is 5.92 Å². The Hall–Kier alpha value is -1.20. The number of rotatable bonds is 1. The van der Waals surface area contributed by atoms with Gasteiger partial charge in [0, 0.05) is 17.8 Å². The number of aromatic nitrogens is 2. The maximum Gasteiger partial charge on any atom is 0.264 e. The number of H-pyrrole nitrogens is 1. The fourth-order valence-electron chi connectivity index (χ4n) is 3.51. The van der Waals surface area contributed by atoms with Gasteiger partial charge < -0.3 is 5.32 Å². The van der Waals surface area contributed by atoms with E-state index in [-0.39, 0.29) is 6.54 Å². The van der Waals surface area contributed by atoms with Gasteiger partial charge in [-0.2, -0.15) is 5.10 Å². The average Bonchev–Trinajstić information content (AvgIpc) is 2.75. The van der Waals surface area contributed by atoms with Crippen LogP contribution in [0.25, 0.3) is 10.9 Å². The molecule has 19 heavy (non-hydrogen) atoms. The fraction of sp³-hybridized carbons (Fsp3) is 0.462. The Morgan fingerprint density at radius 2 is 2.21 bits per heavy atom. The van der Waals surface area contributed by atoms with Crippen molar-refractivity contribution in [1.29, 1.82) is 0 Å². The van der Waals surface area contributed by atoms with Crippen LogP contribution in [0.4, 0.5) is 8.78 Å². The maximum atomic E-state index is 14.2. The van der Waals surface area contributed by atoms with Crippen molar-refractivity contribution in [3.8, 4) is 0 Å². The highest BCUT2D eigenvalue weighted by Gasteiger charge is 2.82. The largest absolute Gasteiger partial charge is 0.316 e. The molecule has 0 amide bonds. The lowest BCUT2D eigenvalue weighted by Crippen LogP contribution is -2.36. The fourth-order valence-corrected chi connectivity index (χ4v) is 3.72. The minimum Gasteiger partial charge on any atom is -0.316 e. The Kier molecular flexibility index (Phi) is 2.12. The van der Waals surface area contributed by atoms with Crippen LogP contribution in [0.5, 0.6) is 0 Å². The van der Waals surface area contributed by atoms with E-state index in [1.807, 2.05) is 0 Å². The normalized spacial score (nSPS) is 32.3. The molecule has 2 aromatic rings. The third-order valence-corrected chi connectivity index (χ3v) is 4.84. The highest BCUT2D eigenvalue weighted by atomic mass is 35.5. The summed E-state index contributed by atoms with van der Waals surface area (Å²) >= 11 is 6.05. The maximum absolute atomic E-state index is 14.2. The molecule has 2 N–H and O–H groups in total. The zero-order valence-electron chi connectivity index (χ0n) is 10.0. The van der Waals surface area contributed by atoms with E-state index in [1.165, 1.54) is 0 Å². The van der Waals surface area contributed by atoms with Crippen LogP contribution in [0.2, 0.25) is 5.02 Å². The van der Waals surface area contributed by atoms with Crippen LogP contribution in [0.1, 0.15) is 12.1 Å². The standard InChI is InChI=1S/C13H12ClF2N3/c14-8-3-1-2-7-10(8)18-19-11(7)12-6-17-5-4-9(12)13(12,15)16/h1-3,9,17H,4-6H2,(H,18,19)/t9-,12?/m0/s1. The van der Waals surface area contributed by atoms with E-state index in [4.69, 9.17) is 11.6 Å².